The van der Waals surface area contributed by atoms with Crippen molar-refractivity contribution < 1.29 is 22.7 Å². The monoisotopic (exact) mass is 653 g/mol. The number of nitrogens with one attached hydrogen (secondary N) is 1. The smallest absolute Gasteiger partial charge is 0.264 e. The van der Waals surface area contributed by atoms with Gasteiger partial charge in [-0.2, -0.15) is 0 Å². The number of anilines is 1. The van der Waals surface area contributed by atoms with Gasteiger partial charge in [0.2, 0.25) is 11.8 Å². The maximum atomic E-state index is 14.1. The number of carbonyl (C=O) groups excluding carboxylic acids is 2. The molecule has 0 aliphatic heterocycles. The van der Waals surface area contributed by atoms with E-state index < -0.39 is 28.5 Å². The molecule has 0 aromatic heterocycles. The van der Waals surface area contributed by atoms with E-state index in [9.17, 15) is 18.0 Å². The van der Waals surface area contributed by atoms with Crippen LogP contribution in [0.1, 0.15) is 32.8 Å². The van der Waals surface area contributed by atoms with Gasteiger partial charge in [0.05, 0.1) is 17.7 Å². The van der Waals surface area contributed by atoms with Crippen LogP contribution in [0.2, 0.25) is 15.1 Å². The second kappa shape index (κ2) is 15.0. The molecule has 0 bridgehead atoms. The van der Waals surface area contributed by atoms with Crippen molar-refractivity contribution in [1.29, 1.82) is 0 Å². The molecule has 226 valence electrons. The third-order valence-electron chi connectivity index (χ3n) is 6.47. The van der Waals surface area contributed by atoms with Gasteiger partial charge in [0.15, 0.2) is 0 Å². The average Bonchev–Trinajstić information content (AvgIpc) is 2.96. The van der Waals surface area contributed by atoms with E-state index in [1.54, 1.807) is 25.1 Å². The van der Waals surface area contributed by atoms with Crippen molar-refractivity contribution in [3.05, 3.63) is 87.4 Å². The number of sulfonamides is 1. The lowest BCUT2D eigenvalue weighted by molar-refractivity contribution is -0.140. The summed E-state index contributed by atoms with van der Waals surface area (Å²) in [5, 5.41) is 4.03. The lowest BCUT2D eigenvalue weighted by Gasteiger charge is -2.33. The van der Waals surface area contributed by atoms with Crippen LogP contribution in [0.25, 0.3) is 0 Å². The van der Waals surface area contributed by atoms with Crippen LogP contribution < -0.4 is 14.4 Å². The van der Waals surface area contributed by atoms with Crippen molar-refractivity contribution >= 4 is 62.3 Å². The maximum absolute atomic E-state index is 14.1. The van der Waals surface area contributed by atoms with Crippen molar-refractivity contribution in [2.75, 3.05) is 24.5 Å². The lowest BCUT2D eigenvalue weighted by Crippen LogP contribution is -2.52. The van der Waals surface area contributed by atoms with E-state index in [1.165, 1.54) is 60.5 Å². The quantitative estimate of drug-likeness (QED) is 0.229. The molecule has 12 heteroatoms. The molecule has 0 unspecified atom stereocenters. The van der Waals surface area contributed by atoms with E-state index in [1.807, 2.05) is 13.8 Å². The van der Waals surface area contributed by atoms with Crippen LogP contribution in [0.3, 0.4) is 0 Å². The molecule has 0 heterocycles. The fourth-order valence-corrected chi connectivity index (χ4v) is 6.19. The highest BCUT2D eigenvalue weighted by molar-refractivity contribution is 7.92. The van der Waals surface area contributed by atoms with Crippen molar-refractivity contribution in [1.82, 2.24) is 10.2 Å². The second-order valence-corrected chi connectivity index (χ2v) is 13.1. The summed E-state index contributed by atoms with van der Waals surface area (Å²) >= 11 is 18.6. The Morgan fingerprint density at radius 2 is 1.55 bits per heavy atom. The van der Waals surface area contributed by atoms with Gasteiger partial charge in [-0.15, -0.1) is 0 Å². The van der Waals surface area contributed by atoms with Crippen molar-refractivity contribution in [2.24, 2.45) is 5.92 Å². The zero-order valence-electron chi connectivity index (χ0n) is 23.8. The summed E-state index contributed by atoms with van der Waals surface area (Å²) in [6.07, 6.45) is 0.285. The predicted octanol–water partition coefficient (Wildman–Crippen LogP) is 6.43. The fourth-order valence-electron chi connectivity index (χ4n) is 4.19. The largest absolute Gasteiger partial charge is 0.497 e. The highest BCUT2D eigenvalue weighted by Crippen LogP contribution is 2.28. The molecule has 3 rings (SSSR count). The van der Waals surface area contributed by atoms with Gasteiger partial charge in [-0.25, -0.2) is 8.42 Å². The first-order chi connectivity index (χ1) is 19.9. The minimum Gasteiger partial charge on any atom is -0.497 e. The lowest BCUT2D eigenvalue weighted by atomic mass is 10.1. The Morgan fingerprint density at radius 3 is 2.10 bits per heavy atom. The number of hydrogen-bond donors (Lipinski definition) is 1. The van der Waals surface area contributed by atoms with E-state index in [0.717, 1.165) is 4.31 Å². The van der Waals surface area contributed by atoms with Gasteiger partial charge in [-0.3, -0.25) is 13.9 Å². The third kappa shape index (κ3) is 8.53. The second-order valence-electron chi connectivity index (χ2n) is 9.98. The van der Waals surface area contributed by atoms with Crippen LogP contribution in [0.15, 0.2) is 71.6 Å². The molecule has 0 saturated heterocycles. The molecule has 0 saturated carbocycles. The highest BCUT2D eigenvalue weighted by atomic mass is 35.5. The first-order valence-corrected chi connectivity index (χ1v) is 15.9. The van der Waals surface area contributed by atoms with E-state index in [2.05, 4.69) is 5.32 Å². The average molecular weight is 655 g/mol. The number of carbonyl (C=O) groups is 2. The number of benzene rings is 3. The summed E-state index contributed by atoms with van der Waals surface area (Å²) in [4.78, 5) is 28.7. The van der Waals surface area contributed by atoms with Gasteiger partial charge in [0.1, 0.15) is 18.3 Å². The number of rotatable bonds is 13. The molecule has 1 atom stereocenters. The molecule has 8 nitrogen and oxygen atoms in total. The summed E-state index contributed by atoms with van der Waals surface area (Å²) in [7, 11) is -2.76. The van der Waals surface area contributed by atoms with E-state index in [0.29, 0.717) is 32.9 Å². The molecule has 0 radical (unpaired) electrons. The summed E-state index contributed by atoms with van der Waals surface area (Å²) in [5.41, 5.74) is 0.783. The van der Waals surface area contributed by atoms with Crippen LogP contribution in [0.5, 0.6) is 5.75 Å². The van der Waals surface area contributed by atoms with Gasteiger partial charge in [0.25, 0.3) is 10.0 Å². The number of ether oxygens (including phenoxy) is 1. The topological polar surface area (TPSA) is 96.0 Å². The highest BCUT2D eigenvalue weighted by Gasteiger charge is 2.34. The van der Waals surface area contributed by atoms with E-state index in [-0.39, 0.29) is 35.4 Å². The Morgan fingerprint density at radius 1 is 0.929 bits per heavy atom. The standard InChI is InChI=1S/C30H34Cl3N3O5S/c1-5-28(30(38)34-17-20(2)3)35(18-21-6-7-23(32)16-27(21)33)29(37)19-36(24-10-8-22(31)9-11-24)42(39,40)26-14-12-25(41-4)13-15-26/h6-16,20,28H,5,17-19H2,1-4H3,(H,34,38)/t28-/m1/s1. The molecule has 0 aliphatic carbocycles. The van der Waals surface area contributed by atoms with E-state index in [4.69, 9.17) is 39.5 Å². The van der Waals surface area contributed by atoms with E-state index >= 15 is 0 Å². The number of amides is 2. The van der Waals surface area contributed by atoms with Crippen LogP contribution in [0.4, 0.5) is 5.69 Å². The molecule has 0 fully saturated rings. The van der Waals surface area contributed by atoms with Gasteiger partial charge < -0.3 is 15.0 Å². The Hall–Kier alpha value is -2.98. The van der Waals surface area contributed by atoms with Crippen LogP contribution in [0, 0.1) is 5.92 Å². The van der Waals surface area contributed by atoms with Gasteiger partial charge >= 0.3 is 0 Å². The van der Waals surface area contributed by atoms with Crippen molar-refractivity contribution in [3.8, 4) is 5.75 Å². The normalized spacial score (nSPS) is 12.1. The fraction of sp³-hybridized carbons (Fsp3) is 0.333. The molecule has 0 aliphatic rings. The minimum absolute atomic E-state index is 0.0416. The molecular weight excluding hydrogens is 621 g/mol. The summed E-state index contributed by atoms with van der Waals surface area (Å²) < 4.78 is 34.1. The predicted molar refractivity (Wildman–Crippen MR) is 168 cm³/mol. The van der Waals surface area contributed by atoms with Crippen LogP contribution >= 0.6 is 34.8 Å². The Balaban J connectivity index is 2.06. The SMILES string of the molecule is CC[C@H](C(=O)NCC(C)C)N(Cc1ccc(Cl)cc1Cl)C(=O)CN(c1ccc(Cl)cc1)S(=O)(=O)c1ccc(OC)cc1. The number of methoxy groups -OCH3 is 1. The zero-order valence-corrected chi connectivity index (χ0v) is 26.9. The maximum Gasteiger partial charge on any atom is 0.264 e. The Labute approximate surface area is 262 Å². The molecule has 3 aromatic carbocycles. The van der Waals surface area contributed by atoms with Crippen LogP contribution in [-0.4, -0.2) is 51.4 Å². The van der Waals surface area contributed by atoms with Gasteiger partial charge in [-0.05, 0) is 78.6 Å². The minimum atomic E-state index is -4.24. The Kier molecular flexibility index (Phi) is 11.9. The molecule has 1 N–H and O–H groups in total. The molecule has 2 amide bonds. The number of nitrogens with zero attached hydrogens (tertiary/aromatic N) is 2. The molecule has 42 heavy (non-hydrogen) atoms. The summed E-state index contributed by atoms with van der Waals surface area (Å²) in [5.74, 6) is -0.274. The first-order valence-electron chi connectivity index (χ1n) is 13.3. The van der Waals surface area contributed by atoms with Crippen molar-refractivity contribution in [3.63, 3.8) is 0 Å². The van der Waals surface area contributed by atoms with Gasteiger partial charge in [0, 0.05) is 28.2 Å². The number of halogens is 3. The third-order valence-corrected chi connectivity index (χ3v) is 9.09. The molecule has 3 aromatic rings. The summed E-state index contributed by atoms with van der Waals surface area (Å²) in [6.45, 7) is 5.50. The van der Waals surface area contributed by atoms with Crippen LogP contribution in [-0.2, 0) is 26.2 Å². The van der Waals surface area contributed by atoms with Crippen molar-refractivity contribution in [2.45, 2.75) is 44.7 Å². The van der Waals surface area contributed by atoms with Gasteiger partial charge in [-0.1, -0.05) is 61.6 Å². The zero-order chi connectivity index (χ0) is 31.0. The summed E-state index contributed by atoms with van der Waals surface area (Å²) in [6, 6.07) is 15.9. The molecular formula is C30H34Cl3N3O5S. The number of hydrogen-bond acceptors (Lipinski definition) is 5. The first kappa shape index (κ1) is 33.5. The molecule has 0 spiro atoms. The Bertz CT molecular complexity index is 1480.